The Morgan fingerprint density at radius 1 is 1.11 bits per heavy atom. The molecule has 0 radical (unpaired) electrons. The summed E-state index contributed by atoms with van der Waals surface area (Å²) in [7, 11) is 0. The molecule has 0 saturated heterocycles. The highest BCUT2D eigenvalue weighted by Crippen LogP contribution is 2.23. The largest absolute Gasteiger partial charge is 0.320 e. The zero-order valence-corrected chi connectivity index (χ0v) is 11.9. The van der Waals surface area contributed by atoms with Crippen LogP contribution in [0.15, 0.2) is 30.3 Å². The molecule has 2 N–H and O–H groups in total. The molecular weight excluding hydrogens is 234 g/mol. The summed E-state index contributed by atoms with van der Waals surface area (Å²) < 4.78 is 0. The topological polar surface area (TPSA) is 51.8 Å². The number of benzene rings is 1. The molecule has 0 fully saturated rings. The number of nitrogens with two attached hydrogens (primary N) is 1. The molecular formula is C16H21N3. The summed E-state index contributed by atoms with van der Waals surface area (Å²) in [6.45, 7) is 6.18. The molecule has 3 nitrogen and oxygen atoms in total. The second kappa shape index (κ2) is 5.93. The Bertz CT molecular complexity index is 564. The first-order chi connectivity index (χ1) is 9.15. The van der Waals surface area contributed by atoms with Gasteiger partial charge in [0.15, 0.2) is 0 Å². The van der Waals surface area contributed by atoms with E-state index in [-0.39, 0.29) is 6.04 Å². The van der Waals surface area contributed by atoms with Crippen LogP contribution in [0.3, 0.4) is 0 Å². The molecule has 0 aliphatic rings. The van der Waals surface area contributed by atoms with Gasteiger partial charge < -0.3 is 5.73 Å². The van der Waals surface area contributed by atoms with Crippen LogP contribution in [0.5, 0.6) is 0 Å². The molecule has 0 saturated carbocycles. The highest BCUT2D eigenvalue weighted by molar-refractivity contribution is 5.36. The summed E-state index contributed by atoms with van der Waals surface area (Å²) in [6, 6.07) is 10.4. The smallest absolute Gasteiger partial charge is 0.0679 e. The zero-order chi connectivity index (χ0) is 13.8. The van der Waals surface area contributed by atoms with Crippen molar-refractivity contribution < 1.29 is 0 Å². The van der Waals surface area contributed by atoms with Gasteiger partial charge in [0.2, 0.25) is 0 Å². The van der Waals surface area contributed by atoms with E-state index in [4.69, 9.17) is 5.73 Å². The normalized spacial score (nSPS) is 12.4. The summed E-state index contributed by atoms with van der Waals surface area (Å²) in [5.41, 5.74) is 11.9. The first-order valence-electron chi connectivity index (χ1n) is 6.83. The molecule has 100 valence electrons. The van der Waals surface area contributed by atoms with Crippen molar-refractivity contribution in [3.63, 3.8) is 0 Å². The molecule has 2 aromatic rings. The minimum atomic E-state index is -0.129. The Balaban J connectivity index is 2.42. The Labute approximate surface area is 114 Å². The number of aromatic nitrogens is 2. The average molecular weight is 255 g/mol. The third-order valence-corrected chi connectivity index (χ3v) is 3.41. The van der Waals surface area contributed by atoms with Crippen LogP contribution in [-0.4, -0.2) is 10.2 Å². The number of hydrogen-bond acceptors (Lipinski definition) is 3. The summed E-state index contributed by atoms with van der Waals surface area (Å²) in [5, 5.41) is 8.37. The van der Waals surface area contributed by atoms with Gasteiger partial charge in [0.05, 0.1) is 17.4 Å². The van der Waals surface area contributed by atoms with Gasteiger partial charge in [-0.3, -0.25) is 0 Å². The van der Waals surface area contributed by atoms with Gasteiger partial charge in [-0.25, -0.2) is 0 Å². The lowest BCUT2D eigenvalue weighted by molar-refractivity contribution is 0.788. The maximum atomic E-state index is 6.42. The second-order valence-corrected chi connectivity index (χ2v) is 4.82. The van der Waals surface area contributed by atoms with E-state index >= 15 is 0 Å². The molecule has 1 aromatic heterocycles. The van der Waals surface area contributed by atoms with E-state index < -0.39 is 0 Å². The van der Waals surface area contributed by atoms with Crippen molar-refractivity contribution in [2.75, 3.05) is 0 Å². The van der Waals surface area contributed by atoms with Crippen LogP contribution < -0.4 is 5.73 Å². The average Bonchev–Trinajstić information content (AvgIpc) is 2.46. The first-order valence-corrected chi connectivity index (χ1v) is 6.83. The molecule has 1 unspecified atom stereocenters. The van der Waals surface area contributed by atoms with E-state index in [0.717, 1.165) is 35.4 Å². The van der Waals surface area contributed by atoms with Gasteiger partial charge >= 0.3 is 0 Å². The highest BCUT2D eigenvalue weighted by Gasteiger charge is 2.14. The SMILES string of the molecule is CCc1cccc(C(N)c2cc(C)nnc2CC)c1. The third kappa shape index (κ3) is 2.99. The van der Waals surface area contributed by atoms with Crippen molar-refractivity contribution in [1.82, 2.24) is 10.2 Å². The van der Waals surface area contributed by atoms with E-state index in [0.29, 0.717) is 0 Å². The van der Waals surface area contributed by atoms with Crippen molar-refractivity contribution in [1.29, 1.82) is 0 Å². The molecule has 19 heavy (non-hydrogen) atoms. The van der Waals surface area contributed by atoms with Gasteiger partial charge in [-0.1, -0.05) is 38.1 Å². The number of nitrogens with zero attached hydrogens (tertiary/aromatic N) is 2. The fraction of sp³-hybridized carbons (Fsp3) is 0.375. The van der Waals surface area contributed by atoms with Crippen LogP contribution in [0.2, 0.25) is 0 Å². The molecule has 0 aliphatic heterocycles. The summed E-state index contributed by atoms with van der Waals surface area (Å²) in [6.07, 6.45) is 1.87. The number of aryl methyl sites for hydroxylation is 3. The lowest BCUT2D eigenvalue weighted by Crippen LogP contribution is -2.16. The molecule has 3 heteroatoms. The Morgan fingerprint density at radius 3 is 2.58 bits per heavy atom. The second-order valence-electron chi connectivity index (χ2n) is 4.82. The summed E-state index contributed by atoms with van der Waals surface area (Å²) >= 11 is 0. The fourth-order valence-electron chi connectivity index (χ4n) is 2.26. The van der Waals surface area contributed by atoms with Crippen LogP contribution >= 0.6 is 0 Å². The zero-order valence-electron chi connectivity index (χ0n) is 11.9. The van der Waals surface area contributed by atoms with Gasteiger partial charge in [-0.05, 0) is 42.5 Å². The van der Waals surface area contributed by atoms with Crippen molar-refractivity contribution in [2.45, 2.75) is 39.7 Å². The Kier molecular flexibility index (Phi) is 4.27. The molecule has 1 atom stereocenters. The lowest BCUT2D eigenvalue weighted by atomic mass is 9.95. The fourth-order valence-corrected chi connectivity index (χ4v) is 2.26. The van der Waals surface area contributed by atoms with Crippen molar-refractivity contribution in [3.8, 4) is 0 Å². The minimum absolute atomic E-state index is 0.129. The maximum absolute atomic E-state index is 6.42. The van der Waals surface area contributed by atoms with Crippen LogP contribution in [0.1, 0.15) is 48.0 Å². The van der Waals surface area contributed by atoms with Crippen molar-refractivity contribution in [2.24, 2.45) is 5.73 Å². The van der Waals surface area contributed by atoms with Gasteiger partial charge in [-0.2, -0.15) is 10.2 Å². The van der Waals surface area contributed by atoms with E-state index in [1.807, 2.05) is 6.92 Å². The van der Waals surface area contributed by atoms with Gasteiger partial charge in [-0.15, -0.1) is 0 Å². The lowest BCUT2D eigenvalue weighted by Gasteiger charge is -2.16. The molecule has 0 bridgehead atoms. The quantitative estimate of drug-likeness (QED) is 0.913. The Hall–Kier alpha value is -1.74. The molecule has 1 aromatic carbocycles. The predicted octanol–water partition coefficient (Wildman–Crippen LogP) is 2.96. The molecule has 2 rings (SSSR count). The minimum Gasteiger partial charge on any atom is -0.320 e. The Morgan fingerprint density at radius 2 is 1.89 bits per heavy atom. The molecule has 0 aliphatic carbocycles. The summed E-state index contributed by atoms with van der Waals surface area (Å²) in [4.78, 5) is 0. The first kappa shape index (κ1) is 13.7. The molecule has 1 heterocycles. The monoisotopic (exact) mass is 255 g/mol. The van der Waals surface area contributed by atoms with Gasteiger partial charge in [0.25, 0.3) is 0 Å². The van der Waals surface area contributed by atoms with Crippen LogP contribution in [0, 0.1) is 6.92 Å². The predicted molar refractivity (Wildman–Crippen MR) is 78.0 cm³/mol. The van der Waals surface area contributed by atoms with Crippen molar-refractivity contribution in [3.05, 3.63) is 58.4 Å². The number of hydrogen-bond donors (Lipinski definition) is 1. The molecule has 0 spiro atoms. The standard InChI is InChI=1S/C16H21N3/c1-4-12-7-6-8-13(10-12)16(17)14-9-11(3)18-19-15(14)5-2/h6-10,16H,4-5,17H2,1-3H3. The van der Waals surface area contributed by atoms with E-state index in [2.05, 4.69) is 54.4 Å². The maximum Gasteiger partial charge on any atom is 0.0679 e. The van der Waals surface area contributed by atoms with Crippen LogP contribution in [-0.2, 0) is 12.8 Å². The van der Waals surface area contributed by atoms with Crippen LogP contribution in [0.4, 0.5) is 0 Å². The van der Waals surface area contributed by atoms with E-state index in [9.17, 15) is 0 Å². The molecule has 0 amide bonds. The van der Waals surface area contributed by atoms with Gasteiger partial charge in [0.1, 0.15) is 0 Å². The van der Waals surface area contributed by atoms with E-state index in [1.165, 1.54) is 5.56 Å². The number of rotatable bonds is 4. The van der Waals surface area contributed by atoms with Crippen molar-refractivity contribution >= 4 is 0 Å². The third-order valence-electron chi connectivity index (χ3n) is 3.41. The van der Waals surface area contributed by atoms with Crippen LogP contribution in [0.25, 0.3) is 0 Å². The van der Waals surface area contributed by atoms with Gasteiger partial charge in [0, 0.05) is 0 Å². The summed E-state index contributed by atoms with van der Waals surface area (Å²) in [5.74, 6) is 0. The van der Waals surface area contributed by atoms with E-state index in [1.54, 1.807) is 0 Å². The highest BCUT2D eigenvalue weighted by atomic mass is 15.1.